The first-order chi connectivity index (χ1) is 10.5. The molecule has 5 heteroatoms. The molecule has 1 aliphatic rings. The smallest absolute Gasteiger partial charge is 0.309 e. The molecular formula is C17H30O4S. The normalized spacial score (nSPS) is 18.1. The van der Waals surface area contributed by atoms with Crippen molar-refractivity contribution in [3.8, 4) is 0 Å². The van der Waals surface area contributed by atoms with Gasteiger partial charge in [-0.05, 0) is 24.6 Å². The SMILES string of the molecule is CC(C)CCCCCC(C)C(=S)OCCC(=O)OC[C@@H]1CO1. The number of hydrogen-bond donors (Lipinski definition) is 0. The van der Waals surface area contributed by atoms with E-state index >= 15 is 0 Å². The van der Waals surface area contributed by atoms with Crippen molar-refractivity contribution in [1.29, 1.82) is 0 Å². The van der Waals surface area contributed by atoms with Crippen molar-refractivity contribution in [2.75, 3.05) is 19.8 Å². The van der Waals surface area contributed by atoms with Gasteiger partial charge in [-0.25, -0.2) is 0 Å². The molecule has 0 spiro atoms. The average Bonchev–Trinajstić information content (AvgIpc) is 3.28. The molecule has 0 amide bonds. The molecule has 128 valence electrons. The van der Waals surface area contributed by atoms with E-state index in [9.17, 15) is 4.79 Å². The maximum Gasteiger partial charge on any atom is 0.309 e. The second kappa shape index (κ2) is 10.9. The predicted octanol–water partition coefficient (Wildman–Crippen LogP) is 3.91. The van der Waals surface area contributed by atoms with Crippen LogP contribution in [0.25, 0.3) is 0 Å². The molecule has 1 fully saturated rings. The number of esters is 1. The highest BCUT2D eigenvalue weighted by molar-refractivity contribution is 7.80. The van der Waals surface area contributed by atoms with E-state index in [2.05, 4.69) is 20.8 Å². The van der Waals surface area contributed by atoms with Crippen molar-refractivity contribution in [1.82, 2.24) is 0 Å². The second-order valence-electron chi connectivity index (χ2n) is 6.49. The first kappa shape index (κ1) is 19.4. The Kier molecular flexibility index (Phi) is 9.64. The Labute approximate surface area is 139 Å². The quantitative estimate of drug-likeness (QED) is 0.235. The van der Waals surface area contributed by atoms with Crippen LogP contribution in [0.3, 0.4) is 0 Å². The molecule has 0 radical (unpaired) electrons. The van der Waals surface area contributed by atoms with E-state index in [1.807, 2.05) is 0 Å². The molecule has 0 aromatic rings. The molecule has 2 atom stereocenters. The minimum atomic E-state index is -0.250. The molecule has 1 rings (SSSR count). The Morgan fingerprint density at radius 2 is 1.86 bits per heavy atom. The van der Waals surface area contributed by atoms with Gasteiger partial charge < -0.3 is 14.2 Å². The Hall–Kier alpha value is -0.680. The zero-order valence-electron chi connectivity index (χ0n) is 14.1. The number of thiocarbonyl (C=S) groups is 1. The van der Waals surface area contributed by atoms with E-state index in [1.165, 1.54) is 25.7 Å². The fourth-order valence-corrected chi connectivity index (χ4v) is 2.30. The molecule has 0 aromatic carbocycles. The third-order valence-electron chi connectivity index (χ3n) is 3.70. The minimum Gasteiger partial charge on any atom is -0.486 e. The molecule has 0 saturated carbocycles. The number of carbonyl (C=O) groups is 1. The number of rotatable bonds is 12. The molecule has 1 unspecified atom stereocenters. The lowest BCUT2D eigenvalue weighted by molar-refractivity contribution is -0.144. The first-order valence-corrected chi connectivity index (χ1v) is 8.83. The summed E-state index contributed by atoms with van der Waals surface area (Å²) in [5, 5.41) is 0.613. The monoisotopic (exact) mass is 330 g/mol. The number of unbranched alkanes of at least 4 members (excludes halogenated alkanes) is 2. The predicted molar refractivity (Wildman–Crippen MR) is 91.0 cm³/mol. The van der Waals surface area contributed by atoms with Crippen LogP contribution in [0.2, 0.25) is 0 Å². The van der Waals surface area contributed by atoms with Gasteiger partial charge in [-0.15, -0.1) is 0 Å². The fraction of sp³-hybridized carbons (Fsp3) is 0.882. The summed E-state index contributed by atoms with van der Waals surface area (Å²) in [7, 11) is 0. The van der Waals surface area contributed by atoms with Crippen molar-refractivity contribution >= 4 is 23.2 Å². The molecule has 0 bridgehead atoms. The lowest BCUT2D eigenvalue weighted by atomic mass is 10.0. The Morgan fingerprint density at radius 3 is 2.50 bits per heavy atom. The summed E-state index contributed by atoms with van der Waals surface area (Å²) in [5.41, 5.74) is 0. The number of carbonyl (C=O) groups excluding carboxylic acids is 1. The van der Waals surface area contributed by atoms with Crippen LogP contribution < -0.4 is 0 Å². The van der Waals surface area contributed by atoms with Crippen molar-refractivity contribution in [2.24, 2.45) is 11.8 Å². The van der Waals surface area contributed by atoms with E-state index in [1.54, 1.807) is 0 Å². The number of ether oxygens (including phenoxy) is 3. The van der Waals surface area contributed by atoms with E-state index in [-0.39, 0.29) is 24.4 Å². The summed E-state index contributed by atoms with van der Waals surface area (Å²) in [4.78, 5) is 11.4. The lowest BCUT2D eigenvalue weighted by Gasteiger charge is -2.14. The summed E-state index contributed by atoms with van der Waals surface area (Å²) in [5.74, 6) is 0.803. The number of hydrogen-bond acceptors (Lipinski definition) is 5. The minimum absolute atomic E-state index is 0.113. The van der Waals surface area contributed by atoms with Crippen LogP contribution in [-0.2, 0) is 19.0 Å². The third kappa shape index (κ3) is 10.1. The van der Waals surface area contributed by atoms with E-state index < -0.39 is 0 Å². The molecule has 0 aliphatic carbocycles. The topological polar surface area (TPSA) is 48.1 Å². The summed E-state index contributed by atoms with van der Waals surface area (Å²) in [6.45, 7) is 7.97. The zero-order valence-corrected chi connectivity index (χ0v) is 15.0. The maximum absolute atomic E-state index is 11.4. The van der Waals surface area contributed by atoms with Crippen molar-refractivity contribution < 1.29 is 19.0 Å². The van der Waals surface area contributed by atoms with Crippen molar-refractivity contribution in [2.45, 2.75) is 65.4 Å². The maximum atomic E-state index is 11.4. The summed E-state index contributed by atoms with van der Waals surface area (Å²) in [6, 6.07) is 0. The molecule has 1 saturated heterocycles. The van der Waals surface area contributed by atoms with Gasteiger partial charge in [0.05, 0.1) is 19.6 Å². The Morgan fingerprint density at radius 1 is 1.18 bits per heavy atom. The molecule has 0 N–H and O–H groups in total. The van der Waals surface area contributed by atoms with Gasteiger partial charge in [0, 0.05) is 5.92 Å². The zero-order chi connectivity index (χ0) is 16.4. The Bertz CT molecular complexity index is 340. The van der Waals surface area contributed by atoms with Crippen LogP contribution in [0.1, 0.15) is 59.3 Å². The number of epoxide rings is 1. The van der Waals surface area contributed by atoms with Crippen LogP contribution >= 0.6 is 12.2 Å². The van der Waals surface area contributed by atoms with E-state index in [4.69, 9.17) is 26.4 Å². The molecule has 1 aliphatic heterocycles. The molecule has 4 nitrogen and oxygen atoms in total. The van der Waals surface area contributed by atoms with Crippen LogP contribution in [0.5, 0.6) is 0 Å². The molecule has 22 heavy (non-hydrogen) atoms. The second-order valence-corrected chi connectivity index (χ2v) is 6.89. The van der Waals surface area contributed by atoms with Crippen LogP contribution in [0.4, 0.5) is 0 Å². The summed E-state index contributed by atoms with van der Waals surface area (Å²) < 4.78 is 15.5. The van der Waals surface area contributed by atoms with Gasteiger partial charge in [0.25, 0.3) is 0 Å². The van der Waals surface area contributed by atoms with Crippen molar-refractivity contribution in [3.05, 3.63) is 0 Å². The van der Waals surface area contributed by atoms with Gasteiger partial charge in [-0.1, -0.05) is 46.5 Å². The van der Waals surface area contributed by atoms with Gasteiger partial charge >= 0.3 is 5.97 Å². The van der Waals surface area contributed by atoms with Gasteiger partial charge in [0.2, 0.25) is 0 Å². The highest BCUT2D eigenvalue weighted by Gasteiger charge is 2.24. The van der Waals surface area contributed by atoms with E-state index in [0.717, 1.165) is 12.3 Å². The lowest BCUT2D eigenvalue weighted by Crippen LogP contribution is -2.17. The molecule has 0 aromatic heterocycles. The van der Waals surface area contributed by atoms with Crippen LogP contribution in [0.15, 0.2) is 0 Å². The summed E-state index contributed by atoms with van der Waals surface area (Å²) in [6.07, 6.45) is 6.43. The standard InChI is InChI=1S/C17H30O4S/c1-13(2)7-5-4-6-8-14(3)17(22)19-10-9-16(18)21-12-15-11-20-15/h13-15H,4-12H2,1-3H3/t14?,15-/m0/s1. The largest absolute Gasteiger partial charge is 0.486 e. The first-order valence-electron chi connectivity index (χ1n) is 8.43. The highest BCUT2D eigenvalue weighted by atomic mass is 32.1. The highest BCUT2D eigenvalue weighted by Crippen LogP contribution is 2.15. The fourth-order valence-electron chi connectivity index (χ4n) is 2.10. The van der Waals surface area contributed by atoms with Gasteiger partial charge in [0.1, 0.15) is 12.7 Å². The molecule has 1 heterocycles. The van der Waals surface area contributed by atoms with Gasteiger partial charge in [0.15, 0.2) is 5.05 Å². The summed E-state index contributed by atoms with van der Waals surface area (Å²) >= 11 is 5.27. The van der Waals surface area contributed by atoms with Crippen molar-refractivity contribution in [3.63, 3.8) is 0 Å². The van der Waals surface area contributed by atoms with Gasteiger partial charge in [-0.2, -0.15) is 0 Å². The van der Waals surface area contributed by atoms with E-state index in [0.29, 0.717) is 24.9 Å². The molecular weight excluding hydrogens is 300 g/mol. The average molecular weight is 330 g/mol. The Balaban J connectivity index is 1.96. The van der Waals surface area contributed by atoms with Gasteiger partial charge in [-0.3, -0.25) is 4.79 Å². The third-order valence-corrected chi connectivity index (χ3v) is 4.22. The van der Waals surface area contributed by atoms with Crippen LogP contribution in [0, 0.1) is 11.8 Å². The van der Waals surface area contributed by atoms with Crippen LogP contribution in [-0.4, -0.2) is 36.9 Å².